The smallest absolute Gasteiger partial charge is 0.0485 e. The lowest BCUT2D eigenvalue weighted by Crippen LogP contribution is -2.37. The highest BCUT2D eigenvalue weighted by Crippen LogP contribution is 2.28. The van der Waals surface area contributed by atoms with Crippen LogP contribution in [0.2, 0.25) is 5.02 Å². The number of ether oxygens (including phenoxy) is 1. The zero-order valence-corrected chi connectivity index (χ0v) is 13.2. The van der Waals surface area contributed by atoms with Crippen molar-refractivity contribution in [2.24, 2.45) is 5.73 Å². The fourth-order valence-electron chi connectivity index (χ4n) is 2.76. The molecular weight excluding hydrogens is 272 g/mol. The lowest BCUT2D eigenvalue weighted by atomic mass is 10.00. The summed E-state index contributed by atoms with van der Waals surface area (Å²) in [6.45, 7) is 3.83. The Morgan fingerprint density at radius 3 is 2.75 bits per heavy atom. The number of hydrogen-bond donors (Lipinski definition) is 1. The van der Waals surface area contributed by atoms with E-state index in [1.807, 2.05) is 6.07 Å². The van der Waals surface area contributed by atoms with Gasteiger partial charge in [0.2, 0.25) is 0 Å². The number of hydrogen-bond acceptors (Lipinski definition) is 3. The molecule has 2 rings (SSSR count). The summed E-state index contributed by atoms with van der Waals surface area (Å²) < 4.78 is 5.45. The van der Waals surface area contributed by atoms with Crippen molar-refractivity contribution in [3.63, 3.8) is 0 Å². The highest BCUT2D eigenvalue weighted by atomic mass is 35.5. The molecule has 112 valence electrons. The third kappa shape index (κ3) is 3.87. The summed E-state index contributed by atoms with van der Waals surface area (Å²) in [6.07, 6.45) is 4.02. The van der Waals surface area contributed by atoms with Crippen LogP contribution in [0.15, 0.2) is 18.2 Å². The zero-order chi connectivity index (χ0) is 14.5. The molecule has 0 aromatic heterocycles. The lowest BCUT2D eigenvalue weighted by Gasteiger charge is -2.34. The van der Waals surface area contributed by atoms with Crippen molar-refractivity contribution in [2.45, 2.75) is 44.7 Å². The monoisotopic (exact) mass is 296 g/mol. The average molecular weight is 297 g/mol. The molecule has 0 bridgehead atoms. The van der Waals surface area contributed by atoms with Crippen LogP contribution in [0.4, 0.5) is 5.69 Å². The van der Waals surface area contributed by atoms with Gasteiger partial charge < -0.3 is 15.4 Å². The molecule has 1 atom stereocenters. The minimum atomic E-state index is 0.190. The van der Waals surface area contributed by atoms with Crippen LogP contribution in [0.25, 0.3) is 0 Å². The van der Waals surface area contributed by atoms with Crippen LogP contribution in [0.3, 0.4) is 0 Å². The standard InChI is InChI=1S/C16H25ClN2O/c1-3-14(18)11-12-10-13(17)4-5-16(12)19(2)15-6-8-20-9-7-15/h4-5,10,14-15H,3,6-9,11,18H2,1-2H3. The topological polar surface area (TPSA) is 38.5 Å². The van der Waals surface area contributed by atoms with Crippen LogP contribution in [0.5, 0.6) is 0 Å². The molecule has 1 aromatic rings. The fraction of sp³-hybridized carbons (Fsp3) is 0.625. The van der Waals surface area contributed by atoms with Crippen molar-refractivity contribution in [3.05, 3.63) is 28.8 Å². The van der Waals surface area contributed by atoms with Gasteiger partial charge >= 0.3 is 0 Å². The van der Waals surface area contributed by atoms with E-state index in [1.165, 1.54) is 11.3 Å². The normalized spacial score (nSPS) is 18.0. The number of rotatable bonds is 5. The Morgan fingerprint density at radius 2 is 2.10 bits per heavy atom. The van der Waals surface area contributed by atoms with Gasteiger partial charge in [0.25, 0.3) is 0 Å². The summed E-state index contributed by atoms with van der Waals surface area (Å²) in [4.78, 5) is 2.37. The first-order chi connectivity index (χ1) is 9.61. The molecule has 1 aromatic carbocycles. The summed E-state index contributed by atoms with van der Waals surface area (Å²) in [7, 11) is 2.17. The first-order valence-electron chi connectivity index (χ1n) is 7.46. The van der Waals surface area contributed by atoms with E-state index in [4.69, 9.17) is 22.1 Å². The van der Waals surface area contributed by atoms with Gasteiger partial charge in [-0.2, -0.15) is 0 Å². The molecule has 0 saturated carbocycles. The Kier molecular flexibility index (Phi) is 5.70. The van der Waals surface area contributed by atoms with E-state index >= 15 is 0 Å². The van der Waals surface area contributed by atoms with Crippen LogP contribution in [0.1, 0.15) is 31.7 Å². The molecule has 1 aliphatic rings. The van der Waals surface area contributed by atoms with Crippen LogP contribution >= 0.6 is 11.6 Å². The van der Waals surface area contributed by atoms with E-state index in [0.717, 1.165) is 43.9 Å². The molecule has 3 nitrogen and oxygen atoms in total. The van der Waals surface area contributed by atoms with Crippen molar-refractivity contribution < 1.29 is 4.74 Å². The highest BCUT2D eigenvalue weighted by molar-refractivity contribution is 6.30. The summed E-state index contributed by atoms with van der Waals surface area (Å²) in [5, 5.41) is 0.785. The minimum absolute atomic E-state index is 0.190. The molecule has 4 heteroatoms. The maximum absolute atomic E-state index is 6.15. The van der Waals surface area contributed by atoms with Gasteiger partial charge in [-0.15, -0.1) is 0 Å². The van der Waals surface area contributed by atoms with Gasteiger partial charge in [0.05, 0.1) is 0 Å². The van der Waals surface area contributed by atoms with E-state index in [9.17, 15) is 0 Å². The molecule has 0 amide bonds. The second kappa shape index (κ2) is 7.30. The van der Waals surface area contributed by atoms with Gasteiger partial charge in [0, 0.05) is 43.1 Å². The van der Waals surface area contributed by atoms with E-state index < -0.39 is 0 Å². The van der Waals surface area contributed by atoms with Crippen LogP contribution in [-0.2, 0) is 11.2 Å². The molecule has 1 saturated heterocycles. The minimum Gasteiger partial charge on any atom is -0.381 e. The number of nitrogens with zero attached hydrogens (tertiary/aromatic N) is 1. The largest absolute Gasteiger partial charge is 0.381 e. The molecule has 0 spiro atoms. The second-order valence-corrected chi connectivity index (χ2v) is 6.04. The third-order valence-electron chi connectivity index (χ3n) is 4.17. The van der Waals surface area contributed by atoms with E-state index in [1.54, 1.807) is 0 Å². The summed E-state index contributed by atoms with van der Waals surface area (Å²) in [5.74, 6) is 0. The molecule has 1 fully saturated rings. The molecule has 2 N–H and O–H groups in total. The van der Waals surface area contributed by atoms with Crippen LogP contribution in [0, 0.1) is 0 Å². The first-order valence-corrected chi connectivity index (χ1v) is 7.84. The van der Waals surface area contributed by atoms with E-state index in [0.29, 0.717) is 6.04 Å². The van der Waals surface area contributed by atoms with Gasteiger partial charge in [0.15, 0.2) is 0 Å². The Morgan fingerprint density at radius 1 is 1.40 bits per heavy atom. The lowest BCUT2D eigenvalue weighted by molar-refractivity contribution is 0.0854. The van der Waals surface area contributed by atoms with Crippen molar-refractivity contribution in [1.29, 1.82) is 0 Å². The maximum atomic E-state index is 6.15. The third-order valence-corrected chi connectivity index (χ3v) is 4.40. The molecule has 20 heavy (non-hydrogen) atoms. The van der Waals surface area contributed by atoms with Crippen molar-refractivity contribution >= 4 is 17.3 Å². The van der Waals surface area contributed by atoms with E-state index in [2.05, 4.69) is 31.0 Å². The zero-order valence-electron chi connectivity index (χ0n) is 12.4. The SMILES string of the molecule is CCC(N)Cc1cc(Cl)ccc1N(C)C1CCOCC1. The second-order valence-electron chi connectivity index (χ2n) is 5.60. The van der Waals surface area contributed by atoms with Crippen molar-refractivity contribution in [1.82, 2.24) is 0 Å². The number of nitrogens with two attached hydrogens (primary N) is 1. The number of benzene rings is 1. The number of halogens is 1. The highest BCUT2D eigenvalue weighted by Gasteiger charge is 2.21. The molecule has 1 aliphatic heterocycles. The molecule has 1 unspecified atom stereocenters. The van der Waals surface area contributed by atoms with Crippen LogP contribution < -0.4 is 10.6 Å². The van der Waals surface area contributed by atoms with Crippen LogP contribution in [-0.4, -0.2) is 32.3 Å². The molecule has 1 heterocycles. The maximum Gasteiger partial charge on any atom is 0.0485 e. The Bertz CT molecular complexity index is 432. The van der Waals surface area contributed by atoms with Gasteiger partial charge in [-0.1, -0.05) is 18.5 Å². The Balaban J connectivity index is 2.20. The van der Waals surface area contributed by atoms with Gasteiger partial charge in [0.1, 0.15) is 0 Å². The first kappa shape index (κ1) is 15.6. The molecule has 0 aliphatic carbocycles. The predicted molar refractivity (Wildman–Crippen MR) is 85.7 cm³/mol. The summed E-state index contributed by atoms with van der Waals surface area (Å²) >= 11 is 6.15. The van der Waals surface area contributed by atoms with Gasteiger partial charge in [-0.25, -0.2) is 0 Å². The van der Waals surface area contributed by atoms with Gasteiger partial charge in [-0.3, -0.25) is 0 Å². The summed E-state index contributed by atoms with van der Waals surface area (Å²) in [6, 6.07) is 6.88. The van der Waals surface area contributed by atoms with E-state index in [-0.39, 0.29) is 6.04 Å². The molecule has 0 radical (unpaired) electrons. The average Bonchev–Trinajstić information content (AvgIpc) is 2.47. The number of anilines is 1. The summed E-state index contributed by atoms with van der Waals surface area (Å²) in [5.41, 5.74) is 8.63. The quantitative estimate of drug-likeness (QED) is 0.906. The van der Waals surface area contributed by atoms with Crippen molar-refractivity contribution in [2.75, 3.05) is 25.2 Å². The fourth-order valence-corrected chi connectivity index (χ4v) is 2.95. The molecular formula is C16H25ClN2O. The van der Waals surface area contributed by atoms with Crippen molar-refractivity contribution in [3.8, 4) is 0 Å². The Hall–Kier alpha value is -0.770. The predicted octanol–water partition coefficient (Wildman–Crippen LogP) is 3.24. The Labute approximate surface area is 127 Å². The van der Waals surface area contributed by atoms with Gasteiger partial charge in [-0.05, 0) is 49.4 Å².